The molecule has 2 aromatic carbocycles. The molecule has 1 saturated heterocycles. The largest absolute Gasteiger partial charge is 0.496 e. The summed E-state index contributed by atoms with van der Waals surface area (Å²) < 4.78 is 29.8. The van der Waals surface area contributed by atoms with Crippen LogP contribution in [-0.2, 0) is 14.3 Å². The number of hydrogen-bond donors (Lipinski definition) is 0. The number of rotatable bonds is 6. The van der Waals surface area contributed by atoms with Crippen molar-refractivity contribution in [1.29, 1.82) is 0 Å². The zero-order chi connectivity index (χ0) is 24.2. The summed E-state index contributed by atoms with van der Waals surface area (Å²) in [6.07, 6.45) is 4.44. The predicted molar refractivity (Wildman–Crippen MR) is 128 cm³/mol. The van der Waals surface area contributed by atoms with Crippen molar-refractivity contribution in [1.82, 2.24) is 4.90 Å². The Hall–Kier alpha value is -3.61. The van der Waals surface area contributed by atoms with E-state index < -0.39 is 0 Å². The number of fused-ring (bicyclic) bond motifs is 1. The fourth-order valence-corrected chi connectivity index (χ4v) is 4.34. The summed E-state index contributed by atoms with van der Waals surface area (Å²) >= 11 is 0. The number of methoxy groups -OCH3 is 1. The van der Waals surface area contributed by atoms with E-state index in [9.17, 15) is 14.0 Å². The predicted octanol–water partition coefficient (Wildman–Crippen LogP) is 5.45. The molecule has 34 heavy (non-hydrogen) atoms. The molecule has 1 amide bonds. The second kappa shape index (κ2) is 10.1. The van der Waals surface area contributed by atoms with Gasteiger partial charge in [0, 0.05) is 41.7 Å². The number of nitrogens with zero attached hydrogens (tertiary/aromatic N) is 1. The SMILES string of the molecule is CCOC(=O)C1CCN(C(=O)/C=C(\C)c2cc3c(-c4ccc(F)cc4)coc3cc2OC)CC1. The lowest BCUT2D eigenvalue weighted by Gasteiger charge is -2.30. The van der Waals surface area contributed by atoms with E-state index in [1.54, 1.807) is 49.5 Å². The number of hydrogen-bond acceptors (Lipinski definition) is 5. The zero-order valence-electron chi connectivity index (χ0n) is 19.6. The van der Waals surface area contributed by atoms with Gasteiger partial charge in [-0.25, -0.2) is 4.39 Å². The highest BCUT2D eigenvalue weighted by atomic mass is 19.1. The van der Waals surface area contributed by atoms with Crippen LogP contribution < -0.4 is 4.74 Å². The van der Waals surface area contributed by atoms with Crippen molar-refractivity contribution in [2.45, 2.75) is 26.7 Å². The Bertz CT molecular complexity index is 1220. The van der Waals surface area contributed by atoms with Crippen molar-refractivity contribution in [2.75, 3.05) is 26.8 Å². The number of amides is 1. The Balaban J connectivity index is 1.58. The molecule has 0 radical (unpaired) electrons. The normalized spacial score (nSPS) is 14.9. The molecule has 0 N–H and O–H groups in total. The summed E-state index contributed by atoms with van der Waals surface area (Å²) in [4.78, 5) is 26.7. The van der Waals surface area contributed by atoms with E-state index in [1.807, 2.05) is 13.0 Å². The molecule has 0 spiro atoms. The molecule has 0 unspecified atom stereocenters. The number of carbonyl (C=O) groups excluding carboxylic acids is 2. The van der Waals surface area contributed by atoms with Gasteiger partial charge in [0.2, 0.25) is 5.91 Å². The van der Waals surface area contributed by atoms with Gasteiger partial charge in [0.05, 0.1) is 25.9 Å². The van der Waals surface area contributed by atoms with Crippen LogP contribution >= 0.6 is 0 Å². The van der Waals surface area contributed by atoms with Crippen LogP contribution in [0.1, 0.15) is 32.3 Å². The Morgan fingerprint density at radius 2 is 1.88 bits per heavy atom. The summed E-state index contributed by atoms with van der Waals surface area (Å²) in [6.45, 7) is 5.05. The smallest absolute Gasteiger partial charge is 0.309 e. The molecule has 0 atom stereocenters. The maximum Gasteiger partial charge on any atom is 0.309 e. The van der Waals surface area contributed by atoms with Gasteiger partial charge >= 0.3 is 5.97 Å². The first kappa shape index (κ1) is 23.5. The van der Waals surface area contributed by atoms with E-state index in [2.05, 4.69) is 0 Å². The molecule has 7 heteroatoms. The summed E-state index contributed by atoms with van der Waals surface area (Å²) in [5.41, 5.74) is 3.83. The van der Waals surface area contributed by atoms with Crippen molar-refractivity contribution in [3.8, 4) is 16.9 Å². The summed E-state index contributed by atoms with van der Waals surface area (Å²) in [5.74, 6) is -0.149. The number of furan rings is 1. The van der Waals surface area contributed by atoms with Crippen molar-refractivity contribution < 1.29 is 27.9 Å². The average Bonchev–Trinajstić information content (AvgIpc) is 3.26. The topological polar surface area (TPSA) is 69.0 Å². The Labute approximate surface area is 197 Å². The van der Waals surface area contributed by atoms with Crippen LogP contribution in [0.4, 0.5) is 4.39 Å². The molecular weight excluding hydrogens is 437 g/mol. The first-order valence-corrected chi connectivity index (χ1v) is 11.4. The van der Waals surface area contributed by atoms with Crippen LogP contribution in [0.25, 0.3) is 27.7 Å². The van der Waals surface area contributed by atoms with Crippen LogP contribution in [0.3, 0.4) is 0 Å². The molecule has 1 fully saturated rings. The number of benzene rings is 2. The van der Waals surface area contributed by atoms with Crippen LogP contribution in [0.2, 0.25) is 0 Å². The highest BCUT2D eigenvalue weighted by Gasteiger charge is 2.27. The van der Waals surface area contributed by atoms with E-state index >= 15 is 0 Å². The second-order valence-corrected chi connectivity index (χ2v) is 8.38. The van der Waals surface area contributed by atoms with Crippen LogP contribution in [-0.4, -0.2) is 43.6 Å². The molecule has 178 valence electrons. The van der Waals surface area contributed by atoms with Crippen molar-refractivity contribution in [2.24, 2.45) is 5.92 Å². The third-order valence-electron chi connectivity index (χ3n) is 6.24. The Morgan fingerprint density at radius 1 is 1.18 bits per heavy atom. The number of esters is 1. The summed E-state index contributed by atoms with van der Waals surface area (Å²) in [7, 11) is 1.57. The average molecular weight is 466 g/mol. The van der Waals surface area contributed by atoms with Crippen molar-refractivity contribution in [3.05, 3.63) is 60.1 Å². The van der Waals surface area contributed by atoms with Gasteiger partial charge < -0.3 is 18.8 Å². The van der Waals surface area contributed by atoms with Crippen molar-refractivity contribution in [3.63, 3.8) is 0 Å². The molecule has 1 aromatic heterocycles. The molecule has 1 aliphatic heterocycles. The third-order valence-corrected chi connectivity index (χ3v) is 6.24. The lowest BCUT2D eigenvalue weighted by molar-refractivity contribution is -0.150. The molecule has 4 rings (SSSR count). The summed E-state index contributed by atoms with van der Waals surface area (Å²) in [6, 6.07) is 9.96. The standard InChI is InChI=1S/C27H28FNO5/c1-4-33-27(31)19-9-11-29(12-10-19)26(30)13-17(2)21-14-22-23(18-5-7-20(28)8-6-18)16-34-25(22)15-24(21)32-3/h5-8,13-16,19H,4,9-12H2,1-3H3/b17-13+. The highest BCUT2D eigenvalue weighted by molar-refractivity contribution is 6.00. The Morgan fingerprint density at radius 3 is 2.53 bits per heavy atom. The molecule has 0 bridgehead atoms. The Kier molecular flexibility index (Phi) is 7.01. The van der Waals surface area contributed by atoms with Gasteiger partial charge in [0.25, 0.3) is 0 Å². The molecule has 1 aliphatic rings. The highest BCUT2D eigenvalue weighted by Crippen LogP contribution is 2.37. The minimum Gasteiger partial charge on any atom is -0.496 e. The van der Waals surface area contributed by atoms with Gasteiger partial charge in [-0.3, -0.25) is 9.59 Å². The first-order chi connectivity index (χ1) is 16.4. The van der Waals surface area contributed by atoms with Gasteiger partial charge in [-0.05, 0) is 56.0 Å². The molecule has 0 saturated carbocycles. The molecular formula is C27H28FNO5. The fraction of sp³-hybridized carbons (Fsp3) is 0.333. The van der Waals surface area contributed by atoms with Crippen molar-refractivity contribution >= 4 is 28.4 Å². The van der Waals surface area contributed by atoms with Crippen LogP contribution in [0.15, 0.2) is 53.2 Å². The van der Waals surface area contributed by atoms with Gasteiger partial charge in [-0.1, -0.05) is 12.1 Å². The lowest BCUT2D eigenvalue weighted by Crippen LogP contribution is -2.40. The minimum atomic E-state index is -0.303. The number of ether oxygens (including phenoxy) is 2. The number of piperidine rings is 1. The number of likely N-dealkylation sites (tertiary alicyclic amines) is 1. The minimum absolute atomic E-state index is 0.104. The quantitative estimate of drug-likeness (QED) is 0.358. The molecule has 0 aliphatic carbocycles. The first-order valence-electron chi connectivity index (χ1n) is 11.4. The van der Waals surface area contributed by atoms with Gasteiger partial charge in [0.15, 0.2) is 0 Å². The summed E-state index contributed by atoms with van der Waals surface area (Å²) in [5, 5.41) is 0.845. The van der Waals surface area contributed by atoms with Crippen LogP contribution in [0.5, 0.6) is 5.75 Å². The number of allylic oxidation sites excluding steroid dienone is 1. The maximum absolute atomic E-state index is 13.4. The number of halogens is 1. The van der Waals surface area contributed by atoms with E-state index in [0.717, 1.165) is 27.6 Å². The van der Waals surface area contributed by atoms with E-state index in [0.29, 0.717) is 43.9 Å². The fourth-order valence-electron chi connectivity index (χ4n) is 4.34. The molecule has 3 aromatic rings. The lowest BCUT2D eigenvalue weighted by atomic mass is 9.96. The second-order valence-electron chi connectivity index (χ2n) is 8.38. The number of carbonyl (C=O) groups is 2. The maximum atomic E-state index is 13.4. The molecule has 2 heterocycles. The van der Waals surface area contributed by atoms with E-state index in [1.165, 1.54) is 12.1 Å². The van der Waals surface area contributed by atoms with Gasteiger partial charge in [-0.15, -0.1) is 0 Å². The third kappa shape index (κ3) is 4.83. The van der Waals surface area contributed by atoms with Crippen LogP contribution in [0, 0.1) is 11.7 Å². The molecule has 6 nitrogen and oxygen atoms in total. The monoisotopic (exact) mass is 465 g/mol. The van der Waals surface area contributed by atoms with E-state index in [-0.39, 0.29) is 23.6 Å². The van der Waals surface area contributed by atoms with E-state index in [4.69, 9.17) is 13.9 Å². The van der Waals surface area contributed by atoms with Gasteiger partial charge in [0.1, 0.15) is 17.1 Å². The zero-order valence-corrected chi connectivity index (χ0v) is 19.6. The van der Waals surface area contributed by atoms with Gasteiger partial charge in [-0.2, -0.15) is 0 Å².